The highest BCUT2D eigenvalue weighted by atomic mass is 79.9. The van der Waals surface area contributed by atoms with Crippen molar-refractivity contribution in [2.75, 3.05) is 0 Å². The van der Waals surface area contributed by atoms with Crippen LogP contribution in [0.2, 0.25) is 0 Å². The molecular weight excluding hydrogens is 237 g/mol. The van der Waals surface area contributed by atoms with Crippen LogP contribution in [0.3, 0.4) is 0 Å². The third-order valence-corrected chi connectivity index (χ3v) is 2.16. The van der Waals surface area contributed by atoms with Crippen molar-refractivity contribution in [2.45, 2.75) is 6.42 Å². The summed E-state index contributed by atoms with van der Waals surface area (Å²) in [5, 5.41) is 8.28. The number of rotatable bonds is 2. The average molecular weight is 242 g/mol. The highest BCUT2D eigenvalue weighted by molar-refractivity contribution is 9.10. The Morgan fingerprint density at radius 3 is 2.92 bits per heavy atom. The maximum Gasteiger partial charge on any atom is 0.178 e. The number of nitriles is 1. The zero-order valence-electron chi connectivity index (χ0n) is 6.55. The fourth-order valence-electron chi connectivity index (χ4n) is 0.878. The summed E-state index contributed by atoms with van der Waals surface area (Å²) in [6.45, 7) is 0. The lowest BCUT2D eigenvalue weighted by molar-refractivity contribution is 0.0996. The van der Waals surface area contributed by atoms with Crippen LogP contribution in [0.1, 0.15) is 16.8 Å². The van der Waals surface area contributed by atoms with Crippen LogP contribution in [0.15, 0.2) is 22.7 Å². The van der Waals surface area contributed by atoms with Gasteiger partial charge in [-0.15, -0.1) is 0 Å². The van der Waals surface area contributed by atoms with E-state index in [0.29, 0.717) is 4.47 Å². The van der Waals surface area contributed by atoms with E-state index >= 15 is 0 Å². The number of halogens is 2. The van der Waals surface area contributed by atoms with Crippen molar-refractivity contribution in [3.05, 3.63) is 34.1 Å². The van der Waals surface area contributed by atoms with E-state index in [1.165, 1.54) is 12.1 Å². The molecular formula is C9H5BrFNO. The van der Waals surface area contributed by atoms with Gasteiger partial charge in [0.2, 0.25) is 0 Å². The summed E-state index contributed by atoms with van der Waals surface area (Å²) in [6.07, 6.45) is -0.234. The van der Waals surface area contributed by atoms with Crippen LogP contribution in [-0.2, 0) is 0 Å². The number of carbonyl (C=O) groups excluding carboxylic acids is 1. The zero-order valence-corrected chi connectivity index (χ0v) is 8.14. The van der Waals surface area contributed by atoms with E-state index in [9.17, 15) is 9.18 Å². The maximum atomic E-state index is 12.7. The molecule has 0 bridgehead atoms. The normalized spacial score (nSPS) is 9.31. The molecule has 0 fully saturated rings. The molecule has 0 radical (unpaired) electrons. The van der Waals surface area contributed by atoms with Crippen LogP contribution < -0.4 is 0 Å². The molecule has 0 spiro atoms. The first-order valence-electron chi connectivity index (χ1n) is 3.50. The van der Waals surface area contributed by atoms with Crippen LogP contribution >= 0.6 is 15.9 Å². The quantitative estimate of drug-likeness (QED) is 0.748. The van der Waals surface area contributed by atoms with Gasteiger partial charge >= 0.3 is 0 Å². The second-order valence-corrected chi connectivity index (χ2v) is 3.24. The van der Waals surface area contributed by atoms with Gasteiger partial charge in [0.15, 0.2) is 5.78 Å². The van der Waals surface area contributed by atoms with Crippen molar-refractivity contribution >= 4 is 21.7 Å². The second-order valence-electron chi connectivity index (χ2n) is 2.38. The average Bonchev–Trinajstić information content (AvgIpc) is 2.09. The standard InChI is InChI=1S/C9H5BrFNO/c10-8-2-1-6(11)5-7(8)9(13)3-4-12/h1-2,5H,3H2. The first kappa shape index (κ1) is 9.87. The maximum absolute atomic E-state index is 12.7. The monoisotopic (exact) mass is 241 g/mol. The van der Waals surface area contributed by atoms with Gasteiger partial charge in [0.1, 0.15) is 5.82 Å². The summed E-state index contributed by atoms with van der Waals surface area (Å²) < 4.78 is 13.2. The van der Waals surface area contributed by atoms with E-state index in [1.807, 2.05) is 0 Å². The molecule has 1 aromatic carbocycles. The summed E-state index contributed by atoms with van der Waals surface area (Å²) in [4.78, 5) is 11.2. The summed E-state index contributed by atoms with van der Waals surface area (Å²) >= 11 is 3.10. The highest BCUT2D eigenvalue weighted by Crippen LogP contribution is 2.19. The SMILES string of the molecule is N#CCC(=O)c1cc(F)ccc1Br. The smallest absolute Gasteiger partial charge is 0.178 e. The Bertz CT molecular complexity index is 384. The van der Waals surface area contributed by atoms with E-state index in [1.54, 1.807) is 6.07 Å². The van der Waals surface area contributed by atoms with Gasteiger partial charge in [-0.05, 0) is 18.2 Å². The van der Waals surface area contributed by atoms with E-state index in [4.69, 9.17) is 5.26 Å². The molecule has 0 aliphatic rings. The van der Waals surface area contributed by atoms with Crippen LogP contribution in [0.5, 0.6) is 0 Å². The summed E-state index contributed by atoms with van der Waals surface area (Å²) in [6, 6.07) is 5.52. The minimum Gasteiger partial charge on any atom is -0.293 e. The largest absolute Gasteiger partial charge is 0.293 e. The van der Waals surface area contributed by atoms with Gasteiger partial charge in [0, 0.05) is 10.0 Å². The lowest BCUT2D eigenvalue weighted by Crippen LogP contribution is -1.99. The van der Waals surface area contributed by atoms with Crippen molar-refractivity contribution in [1.82, 2.24) is 0 Å². The van der Waals surface area contributed by atoms with Crippen molar-refractivity contribution in [2.24, 2.45) is 0 Å². The zero-order chi connectivity index (χ0) is 9.84. The van der Waals surface area contributed by atoms with Gasteiger partial charge in [-0.1, -0.05) is 15.9 Å². The minimum atomic E-state index is -0.482. The molecule has 0 aromatic heterocycles. The molecule has 0 saturated heterocycles. The molecule has 0 aliphatic carbocycles. The Kier molecular flexibility index (Phi) is 3.15. The number of Topliss-reactive ketones (excluding diaryl/α,β-unsaturated/α-hetero) is 1. The van der Waals surface area contributed by atoms with Crippen molar-refractivity contribution < 1.29 is 9.18 Å². The molecule has 13 heavy (non-hydrogen) atoms. The third kappa shape index (κ3) is 2.36. The molecule has 0 amide bonds. The number of hydrogen-bond acceptors (Lipinski definition) is 2. The van der Waals surface area contributed by atoms with Gasteiger partial charge < -0.3 is 0 Å². The predicted octanol–water partition coefficient (Wildman–Crippen LogP) is 2.68. The van der Waals surface area contributed by atoms with Gasteiger partial charge in [0.05, 0.1) is 12.5 Å². The Labute approximate surface area is 83.1 Å². The second kappa shape index (κ2) is 4.15. The number of ketones is 1. The number of nitrogens with zero attached hydrogens (tertiary/aromatic N) is 1. The Morgan fingerprint density at radius 1 is 1.62 bits per heavy atom. The molecule has 0 atom stereocenters. The summed E-state index contributed by atoms with van der Waals surface area (Å²) in [5.41, 5.74) is 0.210. The van der Waals surface area contributed by atoms with Crippen LogP contribution in [0, 0.1) is 17.1 Å². The molecule has 0 unspecified atom stereocenters. The number of carbonyl (C=O) groups is 1. The van der Waals surface area contributed by atoms with Gasteiger partial charge in [-0.2, -0.15) is 5.26 Å². The number of hydrogen-bond donors (Lipinski definition) is 0. The Balaban J connectivity index is 3.07. The summed E-state index contributed by atoms with van der Waals surface area (Å²) in [7, 11) is 0. The fraction of sp³-hybridized carbons (Fsp3) is 0.111. The van der Waals surface area contributed by atoms with E-state index in [-0.39, 0.29) is 17.8 Å². The first-order chi connectivity index (χ1) is 6.15. The van der Waals surface area contributed by atoms with Crippen LogP contribution in [0.25, 0.3) is 0 Å². The third-order valence-electron chi connectivity index (χ3n) is 1.47. The van der Waals surface area contributed by atoms with Crippen molar-refractivity contribution in [3.63, 3.8) is 0 Å². The van der Waals surface area contributed by atoms with Crippen molar-refractivity contribution in [1.29, 1.82) is 5.26 Å². The fourth-order valence-corrected chi connectivity index (χ4v) is 1.35. The lowest BCUT2D eigenvalue weighted by atomic mass is 10.1. The van der Waals surface area contributed by atoms with Crippen molar-refractivity contribution in [3.8, 4) is 6.07 Å². The minimum absolute atomic E-state index is 0.210. The molecule has 0 N–H and O–H groups in total. The predicted molar refractivity (Wildman–Crippen MR) is 48.7 cm³/mol. The van der Waals surface area contributed by atoms with E-state index in [0.717, 1.165) is 6.07 Å². The van der Waals surface area contributed by atoms with E-state index in [2.05, 4.69) is 15.9 Å². The Hall–Kier alpha value is -1.21. The molecule has 0 aliphatic heterocycles. The van der Waals surface area contributed by atoms with Crippen LogP contribution in [0.4, 0.5) is 4.39 Å². The molecule has 1 rings (SSSR count). The molecule has 2 nitrogen and oxygen atoms in total. The summed E-state index contributed by atoms with van der Waals surface area (Å²) in [5.74, 6) is -0.863. The van der Waals surface area contributed by atoms with Crippen LogP contribution in [-0.4, -0.2) is 5.78 Å². The number of benzene rings is 1. The van der Waals surface area contributed by atoms with Gasteiger partial charge in [-0.3, -0.25) is 4.79 Å². The molecule has 0 saturated carbocycles. The molecule has 0 heterocycles. The molecule has 66 valence electrons. The highest BCUT2D eigenvalue weighted by Gasteiger charge is 2.10. The molecule has 1 aromatic rings. The van der Waals surface area contributed by atoms with Gasteiger partial charge in [0.25, 0.3) is 0 Å². The molecule has 4 heteroatoms. The lowest BCUT2D eigenvalue weighted by Gasteiger charge is -1.99. The van der Waals surface area contributed by atoms with E-state index < -0.39 is 5.82 Å². The Morgan fingerprint density at radius 2 is 2.31 bits per heavy atom. The topological polar surface area (TPSA) is 40.9 Å². The first-order valence-corrected chi connectivity index (χ1v) is 4.29. The van der Waals surface area contributed by atoms with Gasteiger partial charge in [-0.25, -0.2) is 4.39 Å².